The molecule has 1 aromatic rings. The van der Waals surface area contributed by atoms with Crippen molar-refractivity contribution in [2.75, 3.05) is 18.4 Å². The first-order valence-corrected chi connectivity index (χ1v) is 7.74. The van der Waals surface area contributed by atoms with Crippen molar-refractivity contribution in [3.8, 4) is 0 Å². The highest BCUT2D eigenvalue weighted by atomic mass is 19.1. The van der Waals surface area contributed by atoms with Gasteiger partial charge in [-0.3, -0.25) is 9.59 Å². The molecule has 0 radical (unpaired) electrons. The fourth-order valence-electron chi connectivity index (χ4n) is 2.68. The minimum atomic E-state index is -0.682. The Morgan fingerprint density at radius 3 is 2.61 bits per heavy atom. The Morgan fingerprint density at radius 1 is 1.26 bits per heavy atom. The SMILES string of the molecule is CC(C)(C)C(=O)N1CCCC(C(=O)Nc2cc(F)ccc2F)C1. The van der Waals surface area contributed by atoms with Crippen LogP contribution in [-0.2, 0) is 9.59 Å². The minimum Gasteiger partial charge on any atom is -0.341 e. The topological polar surface area (TPSA) is 49.4 Å². The number of piperidine rings is 1. The van der Waals surface area contributed by atoms with Crippen molar-refractivity contribution in [1.29, 1.82) is 0 Å². The Balaban J connectivity index is 2.05. The maximum atomic E-state index is 13.6. The average Bonchev–Trinajstić information content (AvgIpc) is 2.49. The van der Waals surface area contributed by atoms with Crippen LogP contribution in [0.15, 0.2) is 18.2 Å². The number of carbonyl (C=O) groups excluding carboxylic acids is 2. The van der Waals surface area contributed by atoms with Crippen LogP contribution in [-0.4, -0.2) is 29.8 Å². The minimum absolute atomic E-state index is 0.00747. The first kappa shape index (κ1) is 17.4. The van der Waals surface area contributed by atoms with Crippen LogP contribution in [0.3, 0.4) is 0 Å². The van der Waals surface area contributed by atoms with Gasteiger partial charge in [0.05, 0.1) is 11.6 Å². The van der Waals surface area contributed by atoms with Crippen LogP contribution >= 0.6 is 0 Å². The summed E-state index contributed by atoms with van der Waals surface area (Å²) >= 11 is 0. The van der Waals surface area contributed by atoms with Crippen LogP contribution in [0.4, 0.5) is 14.5 Å². The lowest BCUT2D eigenvalue weighted by Crippen LogP contribution is -2.47. The Kier molecular flexibility index (Phi) is 5.02. The maximum Gasteiger partial charge on any atom is 0.229 e. The molecule has 1 atom stereocenters. The molecule has 1 heterocycles. The molecule has 0 spiro atoms. The number of rotatable bonds is 2. The van der Waals surface area contributed by atoms with Crippen molar-refractivity contribution in [2.24, 2.45) is 11.3 Å². The third-order valence-electron chi connectivity index (χ3n) is 3.91. The van der Waals surface area contributed by atoms with E-state index in [1.54, 1.807) is 4.90 Å². The molecule has 0 aliphatic carbocycles. The van der Waals surface area contributed by atoms with Crippen LogP contribution < -0.4 is 5.32 Å². The fraction of sp³-hybridized carbons (Fsp3) is 0.529. The average molecular weight is 324 g/mol. The molecule has 23 heavy (non-hydrogen) atoms. The zero-order valence-electron chi connectivity index (χ0n) is 13.7. The van der Waals surface area contributed by atoms with Gasteiger partial charge in [0.25, 0.3) is 0 Å². The molecule has 1 N–H and O–H groups in total. The highest BCUT2D eigenvalue weighted by molar-refractivity contribution is 5.93. The number of hydrogen-bond donors (Lipinski definition) is 1. The van der Waals surface area contributed by atoms with Gasteiger partial charge in [0.2, 0.25) is 11.8 Å². The third kappa shape index (κ3) is 4.27. The summed E-state index contributed by atoms with van der Waals surface area (Å²) in [6.07, 6.45) is 1.34. The zero-order valence-corrected chi connectivity index (χ0v) is 13.7. The van der Waals surface area contributed by atoms with Crippen LogP contribution in [0.25, 0.3) is 0 Å². The summed E-state index contributed by atoms with van der Waals surface area (Å²) in [7, 11) is 0. The van der Waals surface area contributed by atoms with Gasteiger partial charge in [-0.1, -0.05) is 20.8 Å². The summed E-state index contributed by atoms with van der Waals surface area (Å²) in [5, 5.41) is 2.43. The largest absolute Gasteiger partial charge is 0.341 e. The molecule has 126 valence electrons. The molecule has 1 aliphatic heterocycles. The molecule has 2 amide bonds. The van der Waals surface area contributed by atoms with E-state index < -0.39 is 23.0 Å². The van der Waals surface area contributed by atoms with E-state index in [0.717, 1.165) is 18.2 Å². The highest BCUT2D eigenvalue weighted by Gasteiger charge is 2.33. The van der Waals surface area contributed by atoms with Gasteiger partial charge in [0, 0.05) is 24.6 Å². The van der Waals surface area contributed by atoms with Gasteiger partial charge in [0.15, 0.2) is 0 Å². The number of likely N-dealkylation sites (tertiary alicyclic amines) is 1. The summed E-state index contributed by atoms with van der Waals surface area (Å²) in [6, 6.07) is 2.92. The van der Waals surface area contributed by atoms with Gasteiger partial charge < -0.3 is 10.2 Å². The van der Waals surface area contributed by atoms with E-state index in [9.17, 15) is 18.4 Å². The molecule has 0 saturated carbocycles. The van der Waals surface area contributed by atoms with E-state index in [2.05, 4.69) is 5.32 Å². The third-order valence-corrected chi connectivity index (χ3v) is 3.91. The van der Waals surface area contributed by atoms with Crippen molar-refractivity contribution in [3.05, 3.63) is 29.8 Å². The van der Waals surface area contributed by atoms with Crippen molar-refractivity contribution in [1.82, 2.24) is 4.90 Å². The molecule has 0 bridgehead atoms. The Labute approximate surface area is 134 Å². The van der Waals surface area contributed by atoms with Crippen LogP contribution in [0.1, 0.15) is 33.6 Å². The molecule has 1 saturated heterocycles. The molecule has 1 aliphatic rings. The van der Waals surface area contributed by atoms with Gasteiger partial charge in [-0.2, -0.15) is 0 Å². The summed E-state index contributed by atoms with van der Waals surface area (Å²) in [6.45, 7) is 6.43. The Morgan fingerprint density at radius 2 is 1.96 bits per heavy atom. The molecule has 1 unspecified atom stereocenters. The van der Waals surface area contributed by atoms with Crippen LogP contribution in [0.5, 0.6) is 0 Å². The van der Waals surface area contributed by atoms with Gasteiger partial charge in [0.1, 0.15) is 11.6 Å². The predicted molar refractivity (Wildman–Crippen MR) is 83.7 cm³/mol. The predicted octanol–water partition coefficient (Wildman–Crippen LogP) is 3.19. The van der Waals surface area contributed by atoms with Crippen LogP contribution in [0, 0.1) is 23.0 Å². The van der Waals surface area contributed by atoms with Crippen molar-refractivity contribution >= 4 is 17.5 Å². The van der Waals surface area contributed by atoms with Gasteiger partial charge in [-0.05, 0) is 25.0 Å². The second-order valence-electron chi connectivity index (χ2n) is 6.95. The molecule has 6 heteroatoms. The van der Waals surface area contributed by atoms with Crippen molar-refractivity contribution in [2.45, 2.75) is 33.6 Å². The monoisotopic (exact) mass is 324 g/mol. The normalized spacial score (nSPS) is 18.7. The highest BCUT2D eigenvalue weighted by Crippen LogP contribution is 2.25. The molecule has 2 rings (SSSR count). The number of nitrogens with zero attached hydrogens (tertiary/aromatic N) is 1. The quantitative estimate of drug-likeness (QED) is 0.908. The Hall–Kier alpha value is -1.98. The van der Waals surface area contributed by atoms with E-state index in [1.165, 1.54) is 0 Å². The van der Waals surface area contributed by atoms with E-state index in [0.29, 0.717) is 25.9 Å². The van der Waals surface area contributed by atoms with E-state index in [1.807, 2.05) is 20.8 Å². The first-order valence-electron chi connectivity index (χ1n) is 7.74. The lowest BCUT2D eigenvalue weighted by atomic mass is 9.91. The molecule has 0 aromatic heterocycles. The second kappa shape index (κ2) is 6.64. The number of amides is 2. The summed E-state index contributed by atoms with van der Waals surface area (Å²) in [5.41, 5.74) is -0.679. The number of benzene rings is 1. The Bertz CT molecular complexity index is 611. The lowest BCUT2D eigenvalue weighted by molar-refractivity contribution is -0.142. The second-order valence-corrected chi connectivity index (χ2v) is 6.95. The van der Waals surface area contributed by atoms with Gasteiger partial charge in [-0.15, -0.1) is 0 Å². The van der Waals surface area contributed by atoms with E-state index >= 15 is 0 Å². The fourth-order valence-corrected chi connectivity index (χ4v) is 2.68. The summed E-state index contributed by atoms with van der Waals surface area (Å²) in [4.78, 5) is 26.3. The molecular formula is C17H22F2N2O2. The number of halogens is 2. The number of nitrogens with one attached hydrogen (secondary N) is 1. The van der Waals surface area contributed by atoms with Gasteiger partial charge in [-0.25, -0.2) is 8.78 Å². The standard InChI is InChI=1S/C17H22F2N2O2/c1-17(2,3)16(23)21-8-4-5-11(10-21)15(22)20-14-9-12(18)6-7-13(14)19/h6-7,9,11H,4-5,8,10H2,1-3H3,(H,20,22). The number of hydrogen-bond acceptors (Lipinski definition) is 2. The number of carbonyl (C=O) groups is 2. The smallest absolute Gasteiger partial charge is 0.229 e. The summed E-state index contributed by atoms with van der Waals surface area (Å²) in [5.74, 6) is -2.11. The van der Waals surface area contributed by atoms with E-state index in [4.69, 9.17) is 0 Å². The molecule has 4 nitrogen and oxygen atoms in total. The lowest BCUT2D eigenvalue weighted by Gasteiger charge is -2.35. The molecule has 1 aromatic carbocycles. The van der Waals surface area contributed by atoms with Gasteiger partial charge >= 0.3 is 0 Å². The molecule has 1 fully saturated rings. The van der Waals surface area contributed by atoms with Crippen molar-refractivity contribution < 1.29 is 18.4 Å². The van der Waals surface area contributed by atoms with Crippen LogP contribution in [0.2, 0.25) is 0 Å². The number of anilines is 1. The molecular weight excluding hydrogens is 302 g/mol. The zero-order chi connectivity index (χ0) is 17.2. The maximum absolute atomic E-state index is 13.6. The summed E-state index contributed by atoms with van der Waals surface area (Å²) < 4.78 is 26.8. The first-order chi connectivity index (χ1) is 10.7. The van der Waals surface area contributed by atoms with E-state index in [-0.39, 0.29) is 17.5 Å². The van der Waals surface area contributed by atoms with Crippen molar-refractivity contribution in [3.63, 3.8) is 0 Å².